The summed E-state index contributed by atoms with van der Waals surface area (Å²) in [6.07, 6.45) is 4.26. The van der Waals surface area contributed by atoms with E-state index < -0.39 is 5.97 Å². The van der Waals surface area contributed by atoms with Crippen LogP contribution in [0.15, 0.2) is 103 Å². The molecule has 0 saturated carbocycles. The second-order valence-corrected chi connectivity index (χ2v) is 21.7. The van der Waals surface area contributed by atoms with E-state index in [4.69, 9.17) is 51.4 Å². The molecule has 0 radical (unpaired) electrons. The molecule has 412 valence electrons. The first kappa shape index (κ1) is 56.4. The smallest absolute Gasteiger partial charge is 0.333 e. The molecule has 0 N–H and O–H groups in total. The zero-order valence-electron chi connectivity index (χ0n) is 45.0. The lowest BCUT2D eigenvalue weighted by Gasteiger charge is -2.30. The topological polar surface area (TPSA) is 136 Å². The molecule has 0 atom stereocenters. The van der Waals surface area contributed by atoms with E-state index in [1.165, 1.54) is 11.7 Å². The summed E-state index contributed by atoms with van der Waals surface area (Å²) in [5.74, 6) is 1.92. The van der Waals surface area contributed by atoms with Gasteiger partial charge < -0.3 is 57.3 Å². The highest BCUT2D eigenvalue weighted by Gasteiger charge is 2.21. The minimum absolute atomic E-state index is 0.195. The number of nitrogens with zero attached hydrogens (tertiary/aromatic N) is 5. The Balaban J connectivity index is 0.985. The van der Waals surface area contributed by atoms with E-state index in [-0.39, 0.29) is 6.61 Å². The molecule has 1 saturated heterocycles. The Morgan fingerprint density at radius 3 is 1.69 bits per heavy atom. The van der Waals surface area contributed by atoms with Crippen molar-refractivity contribution in [2.24, 2.45) is 0 Å². The quantitative estimate of drug-likeness (QED) is 0.0496. The number of rotatable bonds is 12. The Morgan fingerprint density at radius 1 is 0.603 bits per heavy atom. The number of aryl methyl sites for hydroxylation is 2. The van der Waals surface area contributed by atoms with Gasteiger partial charge in [0.2, 0.25) is 0 Å². The van der Waals surface area contributed by atoms with Gasteiger partial charge in [0.25, 0.3) is 0 Å². The number of methoxy groups -OCH3 is 1. The van der Waals surface area contributed by atoms with Crippen LogP contribution in [0.5, 0.6) is 17.2 Å². The average Bonchev–Trinajstić information content (AvgIpc) is 4.28. The van der Waals surface area contributed by atoms with Gasteiger partial charge in [-0.3, -0.25) is 0 Å². The van der Waals surface area contributed by atoms with Crippen molar-refractivity contribution in [3.05, 3.63) is 130 Å². The number of esters is 1. The molecule has 0 unspecified atom stereocenters. The minimum atomic E-state index is -0.400. The van der Waals surface area contributed by atoms with Gasteiger partial charge in [-0.15, -0.1) is 22.7 Å². The summed E-state index contributed by atoms with van der Waals surface area (Å²) in [6.45, 7) is 19.1. The number of carbonyl (C=O) groups excluding carboxylic acids is 1. The molecule has 78 heavy (non-hydrogen) atoms. The van der Waals surface area contributed by atoms with Gasteiger partial charge in [0.15, 0.2) is 0 Å². The number of anilines is 3. The lowest BCUT2D eigenvalue weighted by atomic mass is 10.1. The Kier molecular flexibility index (Phi) is 20.6. The number of benzene rings is 4. The first-order valence-corrected chi connectivity index (χ1v) is 28.8. The summed E-state index contributed by atoms with van der Waals surface area (Å²) in [7, 11) is 1.68. The fourth-order valence-corrected chi connectivity index (χ4v) is 11.5. The highest BCUT2D eigenvalue weighted by molar-refractivity contribution is 7.16. The average molecular weight is 1120 g/mol. The molecule has 2 bridgehead atoms. The maximum Gasteiger partial charge on any atom is 0.333 e. The van der Waals surface area contributed by atoms with Crippen LogP contribution >= 0.6 is 34.4 Å². The molecule has 3 aliphatic rings. The molecular weight excluding hydrogens is 1050 g/mol. The highest BCUT2D eigenvalue weighted by Crippen LogP contribution is 2.40. The van der Waals surface area contributed by atoms with Crippen LogP contribution in [-0.4, -0.2) is 140 Å². The normalized spacial score (nSPS) is 15.8. The van der Waals surface area contributed by atoms with Crippen LogP contribution < -0.4 is 28.9 Å². The van der Waals surface area contributed by atoms with E-state index in [1.807, 2.05) is 12.1 Å². The van der Waals surface area contributed by atoms with E-state index in [2.05, 4.69) is 126 Å². The van der Waals surface area contributed by atoms with Gasteiger partial charge in [0, 0.05) is 69.5 Å². The maximum atomic E-state index is 12.0. The summed E-state index contributed by atoms with van der Waals surface area (Å²) >= 11 is 4.47. The fourth-order valence-electron chi connectivity index (χ4n) is 9.07. The molecule has 1 fully saturated rings. The molecule has 0 spiro atoms. The molecule has 15 nitrogen and oxygen atoms in total. The van der Waals surface area contributed by atoms with E-state index >= 15 is 0 Å². The second-order valence-electron chi connectivity index (χ2n) is 18.9. The predicted octanol–water partition coefficient (Wildman–Crippen LogP) is 11.3. The van der Waals surface area contributed by atoms with E-state index in [9.17, 15) is 4.79 Å². The first-order chi connectivity index (χ1) is 38.2. The van der Waals surface area contributed by atoms with Gasteiger partial charge >= 0.3 is 5.97 Å². The van der Waals surface area contributed by atoms with Gasteiger partial charge in [0.1, 0.15) is 54.7 Å². The molecule has 18 heteroatoms. The van der Waals surface area contributed by atoms with Crippen molar-refractivity contribution in [2.75, 3.05) is 140 Å². The Hall–Kier alpha value is -6.35. The van der Waals surface area contributed by atoms with Crippen LogP contribution in [0, 0.1) is 13.8 Å². The van der Waals surface area contributed by atoms with Crippen molar-refractivity contribution in [1.29, 1.82) is 0 Å². The van der Waals surface area contributed by atoms with Crippen LogP contribution in [0.4, 0.5) is 17.1 Å². The SMILES string of the molecule is C=C(C)C(=O)OCc1ccc(-c2ccc(-c3ccc(C=Cc4ccc(N5CCOc6cc(C)ccc6N6CCOCCOCCN(CCOCCOCC6)c6ccc(C)cc6OCC5)c(OCCOC)c4)s3)c3nsnc23)s1. The van der Waals surface area contributed by atoms with Gasteiger partial charge in [-0.1, -0.05) is 43.0 Å². The highest BCUT2D eigenvalue weighted by atomic mass is 32.1. The number of ether oxygens (including phenoxy) is 9. The molecule has 0 amide bonds. The molecule has 7 aromatic rings. The second kappa shape index (κ2) is 28.5. The number of thiophene rings is 2. The minimum Gasteiger partial charge on any atom is -0.490 e. The Bertz CT molecular complexity index is 3020. The van der Waals surface area contributed by atoms with Crippen molar-refractivity contribution in [3.8, 4) is 38.1 Å². The zero-order chi connectivity index (χ0) is 54.1. The van der Waals surface area contributed by atoms with E-state index in [1.54, 1.807) is 36.7 Å². The van der Waals surface area contributed by atoms with Crippen molar-refractivity contribution in [3.63, 3.8) is 0 Å². The largest absolute Gasteiger partial charge is 0.490 e. The fraction of sp³-hybridized carbons (Fsp3) is 0.383. The van der Waals surface area contributed by atoms with Crippen molar-refractivity contribution in [1.82, 2.24) is 8.75 Å². The lowest BCUT2D eigenvalue weighted by Crippen LogP contribution is -2.34. The van der Waals surface area contributed by atoms with E-state index in [0.717, 1.165) is 92.7 Å². The molecule has 10 rings (SSSR count). The summed E-state index contributed by atoms with van der Waals surface area (Å²) in [5, 5.41) is 0. The zero-order valence-corrected chi connectivity index (χ0v) is 47.4. The van der Waals surface area contributed by atoms with E-state index in [0.29, 0.717) is 124 Å². The van der Waals surface area contributed by atoms with Gasteiger partial charge in [-0.2, -0.15) is 8.75 Å². The summed E-state index contributed by atoms with van der Waals surface area (Å²) in [6, 6.07) is 31.6. The van der Waals surface area contributed by atoms with Crippen molar-refractivity contribution < 1.29 is 47.4 Å². The van der Waals surface area contributed by atoms with Crippen LogP contribution in [0.25, 0.3) is 44.1 Å². The van der Waals surface area contributed by atoms with Crippen LogP contribution in [0.2, 0.25) is 0 Å². The molecule has 4 aromatic carbocycles. The predicted molar refractivity (Wildman–Crippen MR) is 315 cm³/mol. The Morgan fingerprint density at radius 2 is 1.13 bits per heavy atom. The molecule has 0 aliphatic carbocycles. The summed E-state index contributed by atoms with van der Waals surface area (Å²) in [5.41, 5.74) is 10.2. The van der Waals surface area contributed by atoms with Crippen LogP contribution in [0.3, 0.4) is 0 Å². The standard InChI is InChI=1S/C60H69N5O10S3/c1-42(2)60(66)75-41-47-12-19-57(77-47)49-14-13-48(58-59(49)62-78-61-58)56-18-11-46(76-56)10-8-45-9-17-52(55(40-45)74-37-32-67-5)65-24-30-72-53-38-43(3)6-15-50(53)63-20-26-68-33-35-70-28-22-64(23-29-71-36-34-69-27-21-63)51-16-7-44(4)39-54(51)73-31-25-65/h6-19,38-40H,1,20-37,41H2,2-5H3. The summed E-state index contributed by atoms with van der Waals surface area (Å²) in [4.78, 5) is 23.0. The first-order valence-electron chi connectivity index (χ1n) is 26.4. The molecular formula is C60H69N5O10S3. The summed E-state index contributed by atoms with van der Waals surface area (Å²) < 4.78 is 65.0. The van der Waals surface area contributed by atoms with Crippen molar-refractivity contribution in [2.45, 2.75) is 27.4 Å². The molecule has 3 aliphatic heterocycles. The van der Waals surface area contributed by atoms with Gasteiger partial charge in [0.05, 0.1) is 101 Å². The van der Waals surface area contributed by atoms with Crippen LogP contribution in [0.1, 0.15) is 33.4 Å². The molecule has 6 heterocycles. The number of hydrogen-bond donors (Lipinski definition) is 0. The lowest BCUT2D eigenvalue weighted by molar-refractivity contribution is -0.140. The maximum absolute atomic E-state index is 12.0. The third-order valence-corrected chi connectivity index (χ3v) is 15.9. The number of hydrogen-bond acceptors (Lipinski definition) is 18. The molecule has 3 aromatic heterocycles. The van der Waals surface area contributed by atoms with Crippen LogP contribution in [-0.2, 0) is 39.8 Å². The third kappa shape index (κ3) is 15.3. The third-order valence-electron chi connectivity index (χ3n) is 13.2. The number of fused-ring (bicyclic) bond motifs is 21. The van der Waals surface area contributed by atoms with Gasteiger partial charge in [-0.25, -0.2) is 4.79 Å². The Labute approximate surface area is 469 Å². The van der Waals surface area contributed by atoms with Gasteiger partial charge in [-0.05, 0) is 104 Å². The van der Waals surface area contributed by atoms with Crippen molar-refractivity contribution >= 4 is 80.6 Å². The number of carbonyl (C=O) groups is 1. The number of aromatic nitrogens is 2. The monoisotopic (exact) mass is 1120 g/mol.